The minimum atomic E-state index is -1.14. The predicted octanol–water partition coefficient (Wildman–Crippen LogP) is 0.726. The number of carboxylic acids is 1. The van der Waals surface area contributed by atoms with Gasteiger partial charge in [0, 0.05) is 17.5 Å². The van der Waals surface area contributed by atoms with Gasteiger partial charge in [-0.1, -0.05) is 0 Å². The Kier molecular flexibility index (Phi) is 4.03. The number of nitrogens with one attached hydrogen (secondary N) is 2. The van der Waals surface area contributed by atoms with Crippen molar-refractivity contribution >= 4 is 23.2 Å². The summed E-state index contributed by atoms with van der Waals surface area (Å²) in [5, 5.41) is 22.4. The van der Waals surface area contributed by atoms with Gasteiger partial charge >= 0.3 is 5.97 Å². The van der Waals surface area contributed by atoms with Crippen LogP contribution >= 0.6 is 11.3 Å². The summed E-state index contributed by atoms with van der Waals surface area (Å²) in [4.78, 5) is 39.9. The number of hydrogen-bond acceptors (Lipinski definition) is 6. The second-order valence-corrected chi connectivity index (χ2v) is 5.08. The molecule has 0 aromatic carbocycles. The standard InChI is InChI=1S/C12H11N3O5S/c1-5(11-14-7(4-21-11)12(19)20)13-10(18)6-2-8(16)15-9(17)3-6/h2-5H,1H3,(H,13,18)(H,19,20)(H2,15,16,17). The van der Waals surface area contributed by atoms with E-state index in [1.165, 1.54) is 5.38 Å². The molecule has 9 heteroatoms. The molecule has 0 fully saturated rings. The number of aromatic hydroxyl groups is 1. The maximum atomic E-state index is 12.0. The number of pyridine rings is 1. The Bertz CT molecular complexity index is 751. The van der Waals surface area contributed by atoms with Gasteiger partial charge in [0.2, 0.25) is 0 Å². The van der Waals surface area contributed by atoms with Gasteiger partial charge in [-0.2, -0.15) is 0 Å². The van der Waals surface area contributed by atoms with Crippen LogP contribution in [-0.4, -0.2) is 32.1 Å². The van der Waals surface area contributed by atoms with Crippen LogP contribution < -0.4 is 10.9 Å². The van der Waals surface area contributed by atoms with E-state index in [4.69, 9.17) is 5.11 Å². The average molecular weight is 309 g/mol. The second kappa shape index (κ2) is 5.75. The monoisotopic (exact) mass is 309 g/mol. The molecule has 2 rings (SSSR count). The molecule has 110 valence electrons. The molecule has 1 amide bonds. The highest BCUT2D eigenvalue weighted by molar-refractivity contribution is 7.09. The van der Waals surface area contributed by atoms with Crippen LogP contribution in [0.5, 0.6) is 5.88 Å². The summed E-state index contributed by atoms with van der Waals surface area (Å²) < 4.78 is 0. The van der Waals surface area contributed by atoms with E-state index in [-0.39, 0.29) is 11.3 Å². The zero-order valence-electron chi connectivity index (χ0n) is 10.8. The summed E-state index contributed by atoms with van der Waals surface area (Å²) in [7, 11) is 0. The number of amides is 1. The summed E-state index contributed by atoms with van der Waals surface area (Å²) in [6.07, 6.45) is 0. The van der Waals surface area contributed by atoms with E-state index in [1.54, 1.807) is 6.92 Å². The fourth-order valence-corrected chi connectivity index (χ4v) is 2.39. The molecule has 0 bridgehead atoms. The fraction of sp³-hybridized carbons (Fsp3) is 0.167. The van der Waals surface area contributed by atoms with Crippen LogP contribution in [0.4, 0.5) is 0 Å². The molecule has 1 atom stereocenters. The molecule has 4 N–H and O–H groups in total. The quantitative estimate of drug-likeness (QED) is 0.658. The van der Waals surface area contributed by atoms with Gasteiger partial charge < -0.3 is 15.5 Å². The van der Waals surface area contributed by atoms with Gasteiger partial charge in [0.1, 0.15) is 5.01 Å². The van der Waals surface area contributed by atoms with Crippen molar-refractivity contribution in [2.45, 2.75) is 13.0 Å². The summed E-state index contributed by atoms with van der Waals surface area (Å²) in [5.74, 6) is -2.13. The van der Waals surface area contributed by atoms with Gasteiger partial charge in [-0.05, 0) is 6.92 Å². The lowest BCUT2D eigenvalue weighted by Gasteiger charge is -2.11. The zero-order chi connectivity index (χ0) is 15.6. The summed E-state index contributed by atoms with van der Waals surface area (Å²) in [5.41, 5.74) is -0.696. The van der Waals surface area contributed by atoms with E-state index < -0.39 is 29.4 Å². The summed E-state index contributed by atoms with van der Waals surface area (Å²) in [6, 6.07) is 1.64. The maximum Gasteiger partial charge on any atom is 0.355 e. The molecule has 0 aliphatic rings. The van der Waals surface area contributed by atoms with Crippen LogP contribution in [0.1, 0.15) is 38.8 Å². The highest BCUT2D eigenvalue weighted by Gasteiger charge is 2.17. The second-order valence-electron chi connectivity index (χ2n) is 4.19. The largest absolute Gasteiger partial charge is 0.494 e. The van der Waals surface area contributed by atoms with E-state index in [2.05, 4.69) is 15.3 Å². The van der Waals surface area contributed by atoms with Crippen molar-refractivity contribution < 1.29 is 19.8 Å². The lowest BCUT2D eigenvalue weighted by atomic mass is 10.2. The van der Waals surface area contributed by atoms with Gasteiger partial charge in [-0.25, -0.2) is 9.78 Å². The Labute approximate surface area is 122 Å². The Balaban J connectivity index is 2.14. The highest BCUT2D eigenvalue weighted by Crippen LogP contribution is 2.18. The van der Waals surface area contributed by atoms with Crippen molar-refractivity contribution in [3.63, 3.8) is 0 Å². The highest BCUT2D eigenvalue weighted by atomic mass is 32.1. The number of thiazole rings is 1. The van der Waals surface area contributed by atoms with Crippen LogP contribution in [0.15, 0.2) is 22.3 Å². The van der Waals surface area contributed by atoms with Crippen molar-refractivity contribution in [3.05, 3.63) is 44.1 Å². The first kappa shape index (κ1) is 14.7. The van der Waals surface area contributed by atoms with E-state index in [0.29, 0.717) is 5.01 Å². The fourth-order valence-electron chi connectivity index (χ4n) is 1.59. The first-order valence-corrected chi connectivity index (χ1v) is 6.67. The Morgan fingerprint density at radius 1 is 1.43 bits per heavy atom. The van der Waals surface area contributed by atoms with Crippen LogP contribution in [0.3, 0.4) is 0 Å². The molecule has 0 aliphatic heterocycles. The normalized spacial score (nSPS) is 11.9. The maximum absolute atomic E-state index is 12.0. The van der Waals surface area contributed by atoms with Crippen molar-refractivity contribution in [1.82, 2.24) is 15.3 Å². The lowest BCUT2D eigenvalue weighted by molar-refractivity contribution is 0.0691. The van der Waals surface area contributed by atoms with Gasteiger partial charge in [-0.3, -0.25) is 14.6 Å². The molecule has 0 aliphatic carbocycles. The van der Waals surface area contributed by atoms with Crippen LogP contribution in [0.2, 0.25) is 0 Å². The van der Waals surface area contributed by atoms with Crippen LogP contribution in [0.25, 0.3) is 0 Å². The van der Waals surface area contributed by atoms with Gasteiger partial charge in [0.05, 0.1) is 11.6 Å². The van der Waals surface area contributed by atoms with Crippen LogP contribution in [-0.2, 0) is 0 Å². The molecule has 2 heterocycles. The van der Waals surface area contributed by atoms with Crippen molar-refractivity contribution in [1.29, 1.82) is 0 Å². The third-order valence-electron chi connectivity index (χ3n) is 2.55. The molecule has 8 nitrogen and oxygen atoms in total. The number of aromatic carboxylic acids is 1. The number of nitrogens with zero attached hydrogens (tertiary/aromatic N) is 1. The number of aromatic amines is 1. The minimum absolute atomic E-state index is 0.00175. The number of H-pyrrole nitrogens is 1. The van der Waals surface area contributed by atoms with Crippen LogP contribution in [0, 0.1) is 0 Å². The Hall–Kier alpha value is -2.68. The third-order valence-corrected chi connectivity index (χ3v) is 3.58. The minimum Gasteiger partial charge on any atom is -0.494 e. The van der Waals surface area contributed by atoms with E-state index in [1.807, 2.05) is 0 Å². The molecule has 0 radical (unpaired) electrons. The SMILES string of the molecule is CC(NC(=O)c1cc(O)[nH]c(=O)c1)c1nc(C(=O)O)cs1. The summed E-state index contributed by atoms with van der Waals surface area (Å²) >= 11 is 1.11. The Morgan fingerprint density at radius 3 is 2.71 bits per heavy atom. The predicted molar refractivity (Wildman–Crippen MR) is 73.7 cm³/mol. The van der Waals surface area contributed by atoms with E-state index in [9.17, 15) is 19.5 Å². The topological polar surface area (TPSA) is 132 Å². The first-order chi connectivity index (χ1) is 9.86. The molecule has 2 aromatic heterocycles. The van der Waals surface area contributed by atoms with Crippen molar-refractivity contribution in [2.24, 2.45) is 0 Å². The molecular formula is C12H11N3O5S. The van der Waals surface area contributed by atoms with Crippen molar-refractivity contribution in [2.75, 3.05) is 0 Å². The number of carbonyl (C=O) groups excluding carboxylic acids is 1. The molecular weight excluding hydrogens is 298 g/mol. The van der Waals surface area contributed by atoms with Gasteiger partial charge in [-0.15, -0.1) is 11.3 Å². The first-order valence-electron chi connectivity index (χ1n) is 5.79. The molecule has 0 saturated carbocycles. The number of carbonyl (C=O) groups is 2. The third kappa shape index (κ3) is 3.45. The van der Waals surface area contributed by atoms with Crippen molar-refractivity contribution in [3.8, 4) is 5.88 Å². The number of rotatable bonds is 4. The molecule has 1 unspecified atom stereocenters. The Morgan fingerprint density at radius 2 is 2.14 bits per heavy atom. The molecule has 2 aromatic rings. The lowest BCUT2D eigenvalue weighted by Crippen LogP contribution is -2.27. The molecule has 0 saturated heterocycles. The molecule has 0 spiro atoms. The van der Waals surface area contributed by atoms with E-state index >= 15 is 0 Å². The average Bonchev–Trinajstić information content (AvgIpc) is 2.87. The smallest absolute Gasteiger partial charge is 0.355 e. The van der Waals surface area contributed by atoms with Gasteiger partial charge in [0.25, 0.3) is 11.5 Å². The molecule has 21 heavy (non-hydrogen) atoms. The number of aromatic nitrogens is 2. The number of carboxylic acid groups (broad SMARTS) is 1. The summed E-state index contributed by atoms with van der Waals surface area (Å²) in [6.45, 7) is 1.63. The number of hydrogen-bond donors (Lipinski definition) is 4. The zero-order valence-corrected chi connectivity index (χ0v) is 11.6. The van der Waals surface area contributed by atoms with Gasteiger partial charge in [0.15, 0.2) is 11.6 Å². The van der Waals surface area contributed by atoms with E-state index in [0.717, 1.165) is 23.5 Å².